The lowest BCUT2D eigenvalue weighted by molar-refractivity contribution is -0.143. The normalized spacial score (nSPS) is 13.1. The van der Waals surface area contributed by atoms with Crippen LogP contribution in [0.2, 0.25) is 0 Å². The highest BCUT2D eigenvalue weighted by Crippen LogP contribution is 2.04. The highest BCUT2D eigenvalue weighted by molar-refractivity contribution is 5.73. The van der Waals surface area contributed by atoms with Crippen molar-refractivity contribution in [1.29, 1.82) is 0 Å². The zero-order valence-corrected chi connectivity index (χ0v) is 9.20. The molecule has 3 N–H and O–H groups in total. The van der Waals surface area contributed by atoms with Crippen molar-refractivity contribution in [2.45, 2.75) is 38.6 Å². The molecule has 1 atom stereocenters. The number of hydrogen-bond acceptors (Lipinski definition) is 3. The summed E-state index contributed by atoms with van der Waals surface area (Å²) in [5.41, 5.74) is 5.37. The van der Waals surface area contributed by atoms with E-state index in [1.54, 1.807) is 0 Å². The number of carboxylic acid groups (broad SMARTS) is 1. The summed E-state index contributed by atoms with van der Waals surface area (Å²) in [4.78, 5) is 12.7. The highest BCUT2D eigenvalue weighted by atomic mass is 16.4. The van der Waals surface area contributed by atoms with E-state index in [1.807, 2.05) is 11.9 Å². The lowest BCUT2D eigenvalue weighted by Gasteiger charge is -2.23. The molecule has 4 heteroatoms. The molecule has 0 saturated heterocycles. The molecule has 0 aliphatic carbocycles. The van der Waals surface area contributed by atoms with Gasteiger partial charge in [-0.2, -0.15) is 0 Å². The maximum atomic E-state index is 10.9. The first-order chi connectivity index (χ1) is 6.63. The standard InChI is InChI=1S/C10H22N2O2/c1-3-4-5-8-12(2)9(6-7-11)10(13)14/h9H,3-8,11H2,1-2H3,(H,13,14). The molecule has 0 aromatic heterocycles. The van der Waals surface area contributed by atoms with E-state index < -0.39 is 12.0 Å². The highest BCUT2D eigenvalue weighted by Gasteiger charge is 2.20. The van der Waals surface area contributed by atoms with E-state index in [4.69, 9.17) is 10.8 Å². The summed E-state index contributed by atoms with van der Waals surface area (Å²) in [6.45, 7) is 3.40. The minimum Gasteiger partial charge on any atom is -0.480 e. The fraction of sp³-hybridized carbons (Fsp3) is 0.900. The van der Waals surface area contributed by atoms with Crippen LogP contribution in [0.5, 0.6) is 0 Å². The first-order valence-electron chi connectivity index (χ1n) is 5.26. The van der Waals surface area contributed by atoms with E-state index in [2.05, 4.69) is 6.92 Å². The van der Waals surface area contributed by atoms with Gasteiger partial charge in [-0.15, -0.1) is 0 Å². The van der Waals surface area contributed by atoms with Gasteiger partial charge < -0.3 is 10.8 Å². The number of aliphatic carboxylic acids is 1. The number of unbranched alkanes of at least 4 members (excludes halogenated alkanes) is 2. The van der Waals surface area contributed by atoms with Crippen molar-refractivity contribution in [3.05, 3.63) is 0 Å². The molecule has 84 valence electrons. The van der Waals surface area contributed by atoms with E-state index in [0.717, 1.165) is 25.8 Å². The monoisotopic (exact) mass is 202 g/mol. The fourth-order valence-corrected chi connectivity index (χ4v) is 1.46. The van der Waals surface area contributed by atoms with Crippen LogP contribution in [0.1, 0.15) is 32.6 Å². The molecule has 0 radical (unpaired) electrons. The van der Waals surface area contributed by atoms with Crippen molar-refractivity contribution in [2.24, 2.45) is 5.73 Å². The Morgan fingerprint density at radius 3 is 2.57 bits per heavy atom. The zero-order chi connectivity index (χ0) is 11.0. The Bertz CT molecular complexity index is 162. The first kappa shape index (κ1) is 13.4. The van der Waals surface area contributed by atoms with Gasteiger partial charge in [0.25, 0.3) is 0 Å². The van der Waals surface area contributed by atoms with Gasteiger partial charge in [0.2, 0.25) is 0 Å². The molecule has 0 rings (SSSR count). The molecule has 0 heterocycles. The minimum absolute atomic E-state index is 0.420. The number of hydrogen-bond donors (Lipinski definition) is 2. The van der Waals surface area contributed by atoms with E-state index in [1.165, 1.54) is 0 Å². The first-order valence-corrected chi connectivity index (χ1v) is 5.26. The minimum atomic E-state index is -0.769. The van der Waals surface area contributed by atoms with Crippen LogP contribution in [0.3, 0.4) is 0 Å². The van der Waals surface area contributed by atoms with Crippen molar-refractivity contribution >= 4 is 5.97 Å². The van der Waals surface area contributed by atoms with Crippen LogP contribution < -0.4 is 5.73 Å². The Kier molecular flexibility index (Phi) is 7.42. The topological polar surface area (TPSA) is 66.6 Å². The summed E-state index contributed by atoms with van der Waals surface area (Å²) in [5.74, 6) is -0.769. The van der Waals surface area contributed by atoms with Crippen LogP contribution in [0.25, 0.3) is 0 Å². The second kappa shape index (κ2) is 7.76. The summed E-state index contributed by atoms with van der Waals surface area (Å²) >= 11 is 0. The quantitative estimate of drug-likeness (QED) is 0.574. The van der Waals surface area contributed by atoms with Gasteiger partial charge in [-0.3, -0.25) is 9.69 Å². The van der Waals surface area contributed by atoms with Crippen LogP contribution in [-0.4, -0.2) is 42.2 Å². The van der Waals surface area contributed by atoms with Gasteiger partial charge >= 0.3 is 5.97 Å². The Morgan fingerprint density at radius 1 is 1.50 bits per heavy atom. The van der Waals surface area contributed by atoms with Crippen LogP contribution in [-0.2, 0) is 4.79 Å². The van der Waals surface area contributed by atoms with Gasteiger partial charge in [0.1, 0.15) is 6.04 Å². The maximum Gasteiger partial charge on any atom is 0.320 e. The Balaban J connectivity index is 3.88. The predicted octanol–water partition coefficient (Wildman–Crippen LogP) is 0.910. The molecule has 0 aliphatic heterocycles. The predicted molar refractivity (Wildman–Crippen MR) is 57.3 cm³/mol. The van der Waals surface area contributed by atoms with Gasteiger partial charge in [-0.05, 0) is 33.0 Å². The molecule has 0 spiro atoms. The third-order valence-corrected chi connectivity index (χ3v) is 2.37. The van der Waals surface area contributed by atoms with E-state index in [9.17, 15) is 4.79 Å². The molecule has 0 aromatic carbocycles. The van der Waals surface area contributed by atoms with Crippen molar-refractivity contribution in [2.75, 3.05) is 20.1 Å². The van der Waals surface area contributed by atoms with Gasteiger partial charge in [0.05, 0.1) is 0 Å². The zero-order valence-electron chi connectivity index (χ0n) is 9.20. The van der Waals surface area contributed by atoms with Gasteiger partial charge in [-0.25, -0.2) is 0 Å². The molecule has 0 aliphatic rings. The molecule has 0 bridgehead atoms. The summed E-state index contributed by atoms with van der Waals surface area (Å²) in [6.07, 6.45) is 3.89. The van der Waals surface area contributed by atoms with Crippen molar-refractivity contribution in [1.82, 2.24) is 4.90 Å². The number of rotatable bonds is 8. The third-order valence-electron chi connectivity index (χ3n) is 2.37. The molecule has 0 fully saturated rings. The number of carboxylic acids is 1. The smallest absolute Gasteiger partial charge is 0.320 e. The summed E-state index contributed by atoms with van der Waals surface area (Å²) in [7, 11) is 1.85. The molecule has 0 saturated carbocycles. The second-order valence-electron chi connectivity index (χ2n) is 3.62. The van der Waals surface area contributed by atoms with Crippen molar-refractivity contribution in [3.8, 4) is 0 Å². The fourth-order valence-electron chi connectivity index (χ4n) is 1.46. The average molecular weight is 202 g/mol. The number of nitrogens with two attached hydrogens (primary N) is 1. The van der Waals surface area contributed by atoms with E-state index >= 15 is 0 Å². The van der Waals surface area contributed by atoms with Crippen LogP contribution in [0.15, 0.2) is 0 Å². The van der Waals surface area contributed by atoms with Gasteiger partial charge in [0.15, 0.2) is 0 Å². The molecular weight excluding hydrogens is 180 g/mol. The molecule has 14 heavy (non-hydrogen) atoms. The Labute approximate surface area is 86.1 Å². The summed E-state index contributed by atoms with van der Waals surface area (Å²) in [5, 5.41) is 8.93. The van der Waals surface area contributed by atoms with Gasteiger partial charge in [0, 0.05) is 0 Å². The summed E-state index contributed by atoms with van der Waals surface area (Å²) in [6, 6.07) is -0.420. The van der Waals surface area contributed by atoms with Crippen molar-refractivity contribution < 1.29 is 9.90 Å². The van der Waals surface area contributed by atoms with E-state index in [0.29, 0.717) is 13.0 Å². The molecule has 0 amide bonds. The van der Waals surface area contributed by atoms with Crippen LogP contribution in [0, 0.1) is 0 Å². The molecular formula is C10H22N2O2. The van der Waals surface area contributed by atoms with Crippen molar-refractivity contribution in [3.63, 3.8) is 0 Å². The third kappa shape index (κ3) is 5.19. The molecule has 0 aromatic rings. The maximum absolute atomic E-state index is 10.9. The lowest BCUT2D eigenvalue weighted by Crippen LogP contribution is -2.40. The van der Waals surface area contributed by atoms with Gasteiger partial charge in [-0.1, -0.05) is 19.8 Å². The number of carbonyl (C=O) groups is 1. The number of nitrogens with zero attached hydrogens (tertiary/aromatic N) is 1. The summed E-state index contributed by atoms with van der Waals surface area (Å²) < 4.78 is 0. The van der Waals surface area contributed by atoms with E-state index in [-0.39, 0.29) is 0 Å². The Morgan fingerprint density at radius 2 is 2.14 bits per heavy atom. The molecule has 1 unspecified atom stereocenters. The molecule has 4 nitrogen and oxygen atoms in total. The lowest BCUT2D eigenvalue weighted by atomic mass is 10.1. The number of likely N-dealkylation sites (N-methyl/N-ethyl adjacent to an activating group) is 1. The van der Waals surface area contributed by atoms with Crippen LogP contribution in [0.4, 0.5) is 0 Å². The van der Waals surface area contributed by atoms with Crippen LogP contribution >= 0.6 is 0 Å². The largest absolute Gasteiger partial charge is 0.480 e. The average Bonchev–Trinajstić information content (AvgIpc) is 2.13. The SMILES string of the molecule is CCCCCN(C)C(CCN)C(=O)O. The Hall–Kier alpha value is -0.610. The second-order valence-corrected chi connectivity index (χ2v) is 3.62.